The van der Waals surface area contributed by atoms with Crippen LogP contribution in [-0.2, 0) is 14.9 Å². The van der Waals surface area contributed by atoms with Crippen molar-refractivity contribution in [3.05, 3.63) is 5.01 Å². The molecule has 0 radical (unpaired) electrons. The Morgan fingerprint density at radius 2 is 2.00 bits per heavy atom. The smallest absolute Gasteiger partial charge is 0.246 e. The molecule has 6 nitrogen and oxygen atoms in total. The van der Waals surface area contributed by atoms with Crippen molar-refractivity contribution in [2.75, 3.05) is 18.5 Å². The number of nitrogens with zero attached hydrogens (tertiary/aromatic N) is 2. The second-order valence-electron chi connectivity index (χ2n) is 5.89. The van der Waals surface area contributed by atoms with Crippen molar-refractivity contribution in [3.8, 4) is 0 Å². The predicted octanol–water partition coefficient (Wildman–Crippen LogP) is 1.28. The number of aromatic nitrogens is 2. The summed E-state index contributed by atoms with van der Waals surface area (Å²) in [4.78, 5) is 12.2. The average Bonchev–Trinajstić information content (AvgIpc) is 2.78. The molecule has 0 unspecified atom stereocenters. The van der Waals surface area contributed by atoms with Crippen molar-refractivity contribution in [2.45, 2.75) is 44.6 Å². The lowest BCUT2D eigenvalue weighted by molar-refractivity contribution is -0.124. The van der Waals surface area contributed by atoms with Crippen LogP contribution in [0.2, 0.25) is 0 Å². The molecule has 0 aromatic carbocycles. The second kappa shape index (κ2) is 5.15. The molecule has 7 heteroatoms. The fourth-order valence-corrected chi connectivity index (χ4v) is 2.56. The zero-order valence-electron chi connectivity index (χ0n) is 11.5. The minimum absolute atomic E-state index is 0.0697. The van der Waals surface area contributed by atoms with E-state index in [1.165, 1.54) is 11.3 Å². The van der Waals surface area contributed by atoms with Gasteiger partial charge in [0.1, 0.15) is 10.5 Å². The minimum Gasteiger partial charge on any atom is -0.381 e. The number of carbonyl (C=O) groups excluding carboxylic acids is 1. The molecule has 106 valence electrons. The lowest BCUT2D eigenvalue weighted by Gasteiger charge is -2.31. The third kappa shape index (κ3) is 3.29. The molecule has 1 fully saturated rings. The summed E-state index contributed by atoms with van der Waals surface area (Å²) in [7, 11) is 0. The van der Waals surface area contributed by atoms with Crippen molar-refractivity contribution in [1.82, 2.24) is 10.2 Å². The van der Waals surface area contributed by atoms with E-state index in [0.717, 1.165) is 5.01 Å². The van der Waals surface area contributed by atoms with Crippen LogP contribution in [-0.4, -0.2) is 34.9 Å². The number of ether oxygens (including phenoxy) is 1. The van der Waals surface area contributed by atoms with Gasteiger partial charge < -0.3 is 10.5 Å². The number of nitrogens with two attached hydrogens (primary N) is 1. The summed E-state index contributed by atoms with van der Waals surface area (Å²) in [5, 5.41) is 12.3. The summed E-state index contributed by atoms with van der Waals surface area (Å²) >= 11 is 1.39. The maximum atomic E-state index is 12.2. The third-order valence-corrected chi connectivity index (χ3v) is 4.39. The lowest BCUT2D eigenvalue weighted by atomic mass is 9.90. The predicted molar refractivity (Wildman–Crippen MR) is 74.2 cm³/mol. The van der Waals surface area contributed by atoms with Crippen LogP contribution >= 0.6 is 11.3 Å². The fourth-order valence-electron chi connectivity index (χ4n) is 1.76. The highest BCUT2D eigenvalue weighted by Crippen LogP contribution is 2.28. The van der Waals surface area contributed by atoms with Gasteiger partial charge in [-0.3, -0.25) is 10.1 Å². The number of amides is 1. The topological polar surface area (TPSA) is 90.1 Å². The molecule has 2 heterocycles. The van der Waals surface area contributed by atoms with Gasteiger partial charge in [0, 0.05) is 18.6 Å². The first kappa shape index (κ1) is 14.4. The van der Waals surface area contributed by atoms with E-state index in [2.05, 4.69) is 36.3 Å². The van der Waals surface area contributed by atoms with Gasteiger partial charge in [-0.25, -0.2) is 0 Å². The Labute approximate surface area is 116 Å². The Bertz CT molecular complexity index is 461. The second-order valence-corrected chi connectivity index (χ2v) is 6.86. The molecular weight excluding hydrogens is 264 g/mol. The number of anilines is 1. The van der Waals surface area contributed by atoms with Gasteiger partial charge in [0.2, 0.25) is 11.0 Å². The Kier molecular flexibility index (Phi) is 3.89. The molecule has 19 heavy (non-hydrogen) atoms. The summed E-state index contributed by atoms with van der Waals surface area (Å²) in [6.45, 7) is 7.21. The molecule has 0 spiro atoms. The van der Waals surface area contributed by atoms with Crippen molar-refractivity contribution in [3.63, 3.8) is 0 Å². The zero-order valence-corrected chi connectivity index (χ0v) is 12.3. The first-order valence-electron chi connectivity index (χ1n) is 6.33. The van der Waals surface area contributed by atoms with Crippen LogP contribution in [0.1, 0.15) is 38.6 Å². The number of rotatable bonds is 2. The van der Waals surface area contributed by atoms with E-state index in [0.29, 0.717) is 31.2 Å². The molecule has 0 bridgehead atoms. The average molecular weight is 284 g/mol. The quantitative estimate of drug-likeness (QED) is 0.854. The van der Waals surface area contributed by atoms with Crippen molar-refractivity contribution in [2.24, 2.45) is 5.73 Å². The first-order chi connectivity index (χ1) is 8.81. The lowest BCUT2D eigenvalue weighted by Crippen LogP contribution is -2.54. The first-order valence-corrected chi connectivity index (χ1v) is 7.15. The molecule has 1 aromatic rings. The highest BCUT2D eigenvalue weighted by Gasteiger charge is 2.36. The highest BCUT2D eigenvalue weighted by atomic mass is 32.1. The standard InChI is InChI=1S/C12H20N4O2S/c1-11(2,3)9-15-16-10(19-9)14-8(17)12(13)4-6-18-7-5-12/h4-7,13H2,1-3H3,(H,14,16,17). The highest BCUT2D eigenvalue weighted by molar-refractivity contribution is 7.15. The molecule has 1 aliphatic rings. The molecule has 1 aromatic heterocycles. The molecule has 3 N–H and O–H groups in total. The maximum Gasteiger partial charge on any atom is 0.246 e. The van der Waals surface area contributed by atoms with E-state index in [1.54, 1.807) is 0 Å². The Balaban J connectivity index is 2.04. The maximum absolute atomic E-state index is 12.2. The molecule has 1 aliphatic heterocycles. The van der Waals surface area contributed by atoms with Gasteiger partial charge >= 0.3 is 0 Å². The van der Waals surface area contributed by atoms with Crippen molar-refractivity contribution >= 4 is 22.4 Å². The summed E-state index contributed by atoms with van der Waals surface area (Å²) in [6, 6.07) is 0. The van der Waals surface area contributed by atoms with E-state index in [1.807, 2.05) is 0 Å². The molecule has 1 amide bonds. The Morgan fingerprint density at radius 3 is 2.53 bits per heavy atom. The molecule has 0 atom stereocenters. The molecule has 0 saturated carbocycles. The fraction of sp³-hybridized carbons (Fsp3) is 0.750. The molecular formula is C12H20N4O2S. The van der Waals surface area contributed by atoms with Crippen molar-refractivity contribution < 1.29 is 9.53 Å². The van der Waals surface area contributed by atoms with Gasteiger partial charge in [0.05, 0.1) is 0 Å². The van der Waals surface area contributed by atoms with E-state index in [9.17, 15) is 4.79 Å². The Morgan fingerprint density at radius 1 is 1.37 bits per heavy atom. The van der Waals surface area contributed by atoms with Crippen LogP contribution < -0.4 is 11.1 Å². The van der Waals surface area contributed by atoms with Gasteiger partial charge in [0.15, 0.2) is 0 Å². The summed E-state index contributed by atoms with van der Waals surface area (Å²) in [6.07, 6.45) is 1.06. The summed E-state index contributed by atoms with van der Waals surface area (Å²) < 4.78 is 5.23. The van der Waals surface area contributed by atoms with E-state index in [-0.39, 0.29) is 11.3 Å². The van der Waals surface area contributed by atoms with Gasteiger partial charge in [-0.05, 0) is 12.8 Å². The van der Waals surface area contributed by atoms with Crippen LogP contribution in [0.3, 0.4) is 0 Å². The number of hydrogen-bond donors (Lipinski definition) is 2. The van der Waals surface area contributed by atoms with E-state index < -0.39 is 5.54 Å². The third-order valence-electron chi connectivity index (χ3n) is 3.12. The summed E-state index contributed by atoms with van der Waals surface area (Å²) in [5.74, 6) is -0.201. The normalized spacial score (nSPS) is 19.2. The molecule has 0 aliphatic carbocycles. The van der Waals surface area contributed by atoms with E-state index >= 15 is 0 Å². The van der Waals surface area contributed by atoms with Crippen LogP contribution in [0, 0.1) is 0 Å². The summed E-state index contributed by atoms with van der Waals surface area (Å²) in [5.41, 5.74) is 5.18. The molecule has 1 saturated heterocycles. The number of nitrogens with one attached hydrogen (secondary N) is 1. The van der Waals surface area contributed by atoms with Crippen LogP contribution in [0.15, 0.2) is 0 Å². The largest absolute Gasteiger partial charge is 0.381 e. The number of carbonyl (C=O) groups is 1. The van der Waals surface area contributed by atoms with E-state index in [4.69, 9.17) is 10.5 Å². The van der Waals surface area contributed by atoms with Crippen molar-refractivity contribution in [1.29, 1.82) is 0 Å². The zero-order chi connectivity index (χ0) is 14.1. The van der Waals surface area contributed by atoms with Crippen LogP contribution in [0.25, 0.3) is 0 Å². The molecule has 2 rings (SSSR count). The minimum atomic E-state index is -0.855. The monoisotopic (exact) mass is 284 g/mol. The van der Waals surface area contributed by atoms with Gasteiger partial charge in [-0.1, -0.05) is 32.1 Å². The number of hydrogen-bond acceptors (Lipinski definition) is 6. The van der Waals surface area contributed by atoms with Gasteiger partial charge in [-0.2, -0.15) is 0 Å². The van der Waals surface area contributed by atoms with Gasteiger partial charge in [0.25, 0.3) is 0 Å². The Hall–Kier alpha value is -1.05. The van der Waals surface area contributed by atoms with Crippen LogP contribution in [0.4, 0.5) is 5.13 Å². The SMILES string of the molecule is CC(C)(C)c1nnc(NC(=O)C2(N)CCOCC2)s1. The van der Waals surface area contributed by atoms with Crippen LogP contribution in [0.5, 0.6) is 0 Å². The van der Waals surface area contributed by atoms with Gasteiger partial charge in [-0.15, -0.1) is 10.2 Å².